The molecule has 0 radical (unpaired) electrons. The lowest BCUT2D eigenvalue weighted by Gasteiger charge is -2.04. The summed E-state index contributed by atoms with van der Waals surface area (Å²) in [6.07, 6.45) is 0.196. The van der Waals surface area contributed by atoms with Crippen LogP contribution in [-0.4, -0.2) is 11.1 Å². The van der Waals surface area contributed by atoms with Crippen molar-refractivity contribution >= 4 is 5.97 Å². The topological polar surface area (TPSA) is 46.5 Å². The molecule has 3 nitrogen and oxygen atoms in total. The van der Waals surface area contributed by atoms with Crippen LogP contribution >= 0.6 is 0 Å². The number of halogens is 1. The van der Waals surface area contributed by atoms with Gasteiger partial charge in [-0.2, -0.15) is 0 Å². The molecule has 0 fully saturated rings. The number of hydrogen-bond acceptors (Lipinski definition) is 3. The van der Waals surface area contributed by atoms with Crippen molar-refractivity contribution in [1.29, 1.82) is 0 Å². The fraction of sp³-hybridized carbons (Fsp3) is 0.300. The molecule has 0 unspecified atom stereocenters. The summed E-state index contributed by atoms with van der Waals surface area (Å²) in [6, 6.07) is 3.97. The van der Waals surface area contributed by atoms with Crippen molar-refractivity contribution in [3.05, 3.63) is 29.6 Å². The SMILES string of the molecule is CCC(=O)Oc1ccc(CO)cc1F. The molecule has 1 rings (SSSR count). The summed E-state index contributed by atoms with van der Waals surface area (Å²) in [5.74, 6) is -1.23. The second-order valence-corrected chi connectivity index (χ2v) is 2.75. The molecule has 0 amide bonds. The molecule has 76 valence electrons. The highest BCUT2D eigenvalue weighted by Gasteiger charge is 2.07. The number of carbonyl (C=O) groups excluding carboxylic acids is 1. The molecule has 0 aliphatic rings. The summed E-state index contributed by atoms with van der Waals surface area (Å²) in [5.41, 5.74) is 0.443. The van der Waals surface area contributed by atoms with Gasteiger partial charge in [-0.05, 0) is 17.7 Å². The van der Waals surface area contributed by atoms with Gasteiger partial charge in [0.15, 0.2) is 11.6 Å². The van der Waals surface area contributed by atoms with Gasteiger partial charge in [0.2, 0.25) is 0 Å². The van der Waals surface area contributed by atoms with E-state index in [4.69, 9.17) is 9.84 Å². The van der Waals surface area contributed by atoms with Crippen LogP contribution in [0.4, 0.5) is 4.39 Å². The first-order valence-electron chi connectivity index (χ1n) is 4.27. The Bertz CT molecular complexity index is 336. The Labute approximate surface area is 81.1 Å². The predicted molar refractivity (Wildman–Crippen MR) is 48.2 cm³/mol. The molecule has 0 aliphatic carbocycles. The summed E-state index contributed by atoms with van der Waals surface area (Å²) in [6.45, 7) is 1.39. The van der Waals surface area contributed by atoms with E-state index in [9.17, 15) is 9.18 Å². The maximum atomic E-state index is 13.1. The van der Waals surface area contributed by atoms with E-state index in [-0.39, 0.29) is 18.8 Å². The van der Waals surface area contributed by atoms with Gasteiger partial charge in [0.25, 0.3) is 0 Å². The van der Waals surface area contributed by atoms with Gasteiger partial charge in [-0.3, -0.25) is 4.79 Å². The van der Waals surface area contributed by atoms with Crippen LogP contribution in [0.15, 0.2) is 18.2 Å². The van der Waals surface area contributed by atoms with E-state index >= 15 is 0 Å². The standard InChI is InChI=1S/C10H11FO3/c1-2-10(13)14-9-4-3-7(6-12)5-8(9)11/h3-5,12H,2,6H2,1H3. The summed E-state index contributed by atoms with van der Waals surface area (Å²) in [7, 11) is 0. The molecular formula is C10H11FO3. The van der Waals surface area contributed by atoms with Crippen LogP contribution in [0.25, 0.3) is 0 Å². The lowest BCUT2D eigenvalue weighted by Crippen LogP contribution is -2.07. The predicted octanol–water partition coefficient (Wildman–Crippen LogP) is 1.63. The zero-order valence-electron chi connectivity index (χ0n) is 7.79. The van der Waals surface area contributed by atoms with Crippen molar-refractivity contribution in [1.82, 2.24) is 0 Å². The third-order valence-corrected chi connectivity index (χ3v) is 1.69. The highest BCUT2D eigenvalue weighted by atomic mass is 19.1. The minimum atomic E-state index is -0.640. The van der Waals surface area contributed by atoms with Crippen molar-refractivity contribution in [3.8, 4) is 5.75 Å². The first-order valence-corrected chi connectivity index (χ1v) is 4.27. The first-order chi connectivity index (χ1) is 6.67. The zero-order chi connectivity index (χ0) is 10.6. The van der Waals surface area contributed by atoms with Crippen molar-refractivity contribution in [2.75, 3.05) is 0 Å². The minimum Gasteiger partial charge on any atom is -0.423 e. The van der Waals surface area contributed by atoms with Gasteiger partial charge in [-0.15, -0.1) is 0 Å². The summed E-state index contributed by atoms with van der Waals surface area (Å²) in [5, 5.41) is 8.71. The van der Waals surface area contributed by atoms with Crippen LogP contribution < -0.4 is 4.74 Å². The molecule has 14 heavy (non-hydrogen) atoms. The van der Waals surface area contributed by atoms with E-state index in [2.05, 4.69) is 0 Å². The number of hydrogen-bond donors (Lipinski definition) is 1. The molecule has 0 aliphatic heterocycles. The van der Waals surface area contributed by atoms with Gasteiger partial charge in [0.1, 0.15) is 0 Å². The second kappa shape index (κ2) is 4.72. The molecule has 0 spiro atoms. The number of carbonyl (C=O) groups is 1. The third-order valence-electron chi connectivity index (χ3n) is 1.69. The summed E-state index contributed by atoms with van der Waals surface area (Å²) in [4.78, 5) is 10.8. The quantitative estimate of drug-likeness (QED) is 0.593. The molecule has 0 atom stereocenters. The number of aliphatic hydroxyl groups excluding tert-OH is 1. The minimum absolute atomic E-state index is 0.103. The molecule has 0 heterocycles. The van der Waals surface area contributed by atoms with Gasteiger partial charge in [-0.1, -0.05) is 13.0 Å². The van der Waals surface area contributed by atoms with E-state index in [1.54, 1.807) is 6.92 Å². The number of benzene rings is 1. The maximum absolute atomic E-state index is 13.1. The first kappa shape index (κ1) is 10.7. The molecule has 0 bridgehead atoms. The molecule has 4 heteroatoms. The van der Waals surface area contributed by atoms with E-state index in [0.29, 0.717) is 5.56 Å². The fourth-order valence-corrected chi connectivity index (χ4v) is 0.920. The lowest BCUT2D eigenvalue weighted by atomic mass is 10.2. The Balaban J connectivity index is 2.83. The molecule has 1 aromatic rings. The molecule has 0 saturated carbocycles. The lowest BCUT2D eigenvalue weighted by molar-refractivity contribution is -0.134. The molecule has 1 aromatic carbocycles. The summed E-state index contributed by atoms with van der Waals surface area (Å²) >= 11 is 0. The average molecular weight is 198 g/mol. The van der Waals surface area contributed by atoms with Crippen molar-refractivity contribution in [2.45, 2.75) is 20.0 Å². The Hall–Kier alpha value is -1.42. The molecule has 0 aromatic heterocycles. The average Bonchev–Trinajstić information content (AvgIpc) is 2.20. The molecule has 0 saturated heterocycles. The van der Waals surface area contributed by atoms with Gasteiger partial charge < -0.3 is 9.84 Å². The van der Waals surface area contributed by atoms with Crippen molar-refractivity contribution in [2.24, 2.45) is 0 Å². The van der Waals surface area contributed by atoms with Crippen LogP contribution in [0, 0.1) is 5.82 Å². The Morgan fingerprint density at radius 3 is 2.79 bits per heavy atom. The number of ether oxygens (including phenoxy) is 1. The van der Waals surface area contributed by atoms with Gasteiger partial charge in [0.05, 0.1) is 6.61 Å². The van der Waals surface area contributed by atoms with E-state index < -0.39 is 11.8 Å². The largest absolute Gasteiger partial charge is 0.423 e. The van der Waals surface area contributed by atoms with Crippen LogP contribution in [0.1, 0.15) is 18.9 Å². The smallest absolute Gasteiger partial charge is 0.310 e. The fourth-order valence-electron chi connectivity index (χ4n) is 0.920. The van der Waals surface area contributed by atoms with Crippen molar-refractivity contribution in [3.63, 3.8) is 0 Å². The van der Waals surface area contributed by atoms with Gasteiger partial charge in [-0.25, -0.2) is 4.39 Å². The normalized spacial score (nSPS) is 9.93. The highest BCUT2D eigenvalue weighted by Crippen LogP contribution is 2.18. The van der Waals surface area contributed by atoms with Crippen LogP contribution in [-0.2, 0) is 11.4 Å². The Kier molecular flexibility index (Phi) is 3.59. The van der Waals surface area contributed by atoms with Crippen LogP contribution in [0.3, 0.4) is 0 Å². The Morgan fingerprint density at radius 2 is 2.29 bits per heavy atom. The molecule has 1 N–H and O–H groups in total. The van der Waals surface area contributed by atoms with Gasteiger partial charge >= 0.3 is 5.97 Å². The van der Waals surface area contributed by atoms with E-state index in [1.165, 1.54) is 12.1 Å². The monoisotopic (exact) mass is 198 g/mol. The van der Waals surface area contributed by atoms with E-state index in [1.807, 2.05) is 0 Å². The number of rotatable bonds is 3. The third kappa shape index (κ3) is 2.53. The van der Waals surface area contributed by atoms with Crippen molar-refractivity contribution < 1.29 is 19.0 Å². The molecular weight excluding hydrogens is 187 g/mol. The number of aliphatic hydroxyl groups is 1. The number of esters is 1. The second-order valence-electron chi connectivity index (χ2n) is 2.75. The van der Waals surface area contributed by atoms with E-state index in [0.717, 1.165) is 6.07 Å². The van der Waals surface area contributed by atoms with Gasteiger partial charge in [0, 0.05) is 6.42 Å². The maximum Gasteiger partial charge on any atom is 0.310 e. The Morgan fingerprint density at radius 1 is 1.57 bits per heavy atom. The highest BCUT2D eigenvalue weighted by molar-refractivity contribution is 5.71. The summed E-state index contributed by atoms with van der Waals surface area (Å²) < 4.78 is 17.8. The van der Waals surface area contributed by atoms with Crippen LogP contribution in [0.2, 0.25) is 0 Å². The zero-order valence-corrected chi connectivity index (χ0v) is 7.79. The van der Waals surface area contributed by atoms with Crippen LogP contribution in [0.5, 0.6) is 5.75 Å².